The number of rotatable bonds is 3. The van der Waals surface area contributed by atoms with E-state index in [4.69, 9.17) is 6.57 Å². The maximum Gasteiger partial charge on any atom is 0.193 e. The zero-order chi connectivity index (χ0) is 51.3. The molecular formula is C71H54N4Si. The Hall–Kier alpha value is -8.22. The van der Waals surface area contributed by atoms with Crippen LogP contribution in [0.15, 0.2) is 146 Å². The minimum atomic E-state index is -2.13. The summed E-state index contributed by atoms with van der Waals surface area (Å²) in [6.07, 6.45) is 0. The van der Waals surface area contributed by atoms with Crippen LogP contribution in [0.5, 0.6) is 0 Å². The van der Waals surface area contributed by atoms with Crippen molar-refractivity contribution in [1.29, 1.82) is 5.26 Å². The number of nitriles is 1. The SMILES string of the molecule is [C-]#[N+]c1cc2c(c3c1C1c4ccccc4C3c3ccccc31)c1cc([Si](C)(C(C)C)C(C)C)cc3c4cc5c(cc4n2c31)c1cc(C(C)(C)C)cc2c3c4c(c(C#N)cc3n5c12)C1c2ccccc2C4c2ccccc21. The highest BCUT2D eigenvalue weighted by Crippen LogP contribution is 2.63. The van der Waals surface area contributed by atoms with Crippen molar-refractivity contribution in [2.24, 2.45) is 0 Å². The maximum atomic E-state index is 11.4. The summed E-state index contributed by atoms with van der Waals surface area (Å²) >= 11 is 0. The molecular weight excluding hydrogens is 937 g/mol. The molecule has 4 heterocycles. The molecule has 76 heavy (non-hydrogen) atoms. The molecule has 0 aliphatic heterocycles. The minimum absolute atomic E-state index is 0.000327. The fraction of sp³-hybridized carbons (Fsp3) is 0.211. The lowest BCUT2D eigenvalue weighted by Gasteiger charge is -2.43. The summed E-state index contributed by atoms with van der Waals surface area (Å²) in [7, 11) is -2.13. The largest absolute Gasteiger partial charge is 0.309 e. The van der Waals surface area contributed by atoms with Crippen molar-refractivity contribution in [3.63, 3.8) is 0 Å². The molecule has 0 N–H and O–H groups in total. The molecule has 0 fully saturated rings. The van der Waals surface area contributed by atoms with E-state index in [0.717, 1.165) is 22.3 Å². The Morgan fingerprint density at radius 2 is 0.868 bits per heavy atom. The van der Waals surface area contributed by atoms with Gasteiger partial charge in [-0.1, -0.05) is 169 Å². The van der Waals surface area contributed by atoms with Gasteiger partial charge in [-0.2, -0.15) is 5.26 Å². The smallest absolute Gasteiger partial charge is 0.193 e. The van der Waals surface area contributed by atoms with Crippen LogP contribution in [-0.2, 0) is 5.41 Å². The monoisotopic (exact) mass is 990 g/mol. The van der Waals surface area contributed by atoms with E-state index in [2.05, 4.69) is 220 Å². The molecule has 0 spiro atoms. The van der Waals surface area contributed by atoms with Gasteiger partial charge in [-0.3, -0.25) is 0 Å². The van der Waals surface area contributed by atoms with Crippen LogP contribution in [0, 0.1) is 17.9 Å². The van der Waals surface area contributed by atoms with Crippen molar-refractivity contribution >= 4 is 95.1 Å². The van der Waals surface area contributed by atoms with Gasteiger partial charge in [-0.25, -0.2) is 4.85 Å². The molecule has 0 saturated heterocycles. The molecule has 0 amide bonds. The predicted octanol–water partition coefficient (Wildman–Crippen LogP) is 17.8. The molecule has 9 aromatic carbocycles. The Labute approximate surface area is 443 Å². The van der Waals surface area contributed by atoms with Crippen LogP contribution < -0.4 is 5.19 Å². The minimum Gasteiger partial charge on any atom is -0.309 e. The molecule has 0 unspecified atom stereocenters. The third-order valence-electron chi connectivity index (χ3n) is 20.4. The maximum absolute atomic E-state index is 11.4. The first-order valence-corrected chi connectivity index (χ1v) is 30.2. The van der Waals surface area contributed by atoms with Crippen molar-refractivity contribution in [3.8, 4) is 6.07 Å². The number of benzene rings is 9. The first kappa shape index (κ1) is 43.1. The van der Waals surface area contributed by atoms with Crippen molar-refractivity contribution < 1.29 is 0 Å². The van der Waals surface area contributed by atoms with Crippen molar-refractivity contribution in [2.45, 2.75) is 95.2 Å². The standard InChI is InChI=1S/C71H54N4Si/c1-35(2)76(9,36(3)4)39-29-51-49-32-55-48(31-56(49)75-58-33-54(73-8)66-61-42-20-12-16-24-46(42)63(47-25-17-13-21-43(47)61)68(66)65(58)53(30-39)70(51)75)50-27-38(71(5,6)7)28-52-64-57(74(55)69(50)52)26-37(34-72)59-60-40-18-10-14-22-44(40)62(67(59)64)45-23-15-11-19-41(45)60/h10-33,35-36,60-63H,1-7,9H3. The van der Waals surface area contributed by atoms with Crippen molar-refractivity contribution in [2.75, 3.05) is 0 Å². The molecule has 362 valence electrons. The van der Waals surface area contributed by atoms with Gasteiger partial charge in [0.05, 0.1) is 53.9 Å². The molecule has 6 aliphatic rings. The highest BCUT2D eigenvalue weighted by Gasteiger charge is 2.47. The second-order valence-electron chi connectivity index (χ2n) is 25.0. The van der Waals surface area contributed by atoms with Crippen LogP contribution in [0.4, 0.5) is 5.69 Å². The fourth-order valence-corrected chi connectivity index (χ4v) is 20.1. The number of nitrogens with zero attached hydrogens (tertiary/aromatic N) is 4. The van der Waals surface area contributed by atoms with Crippen LogP contribution in [0.2, 0.25) is 17.6 Å². The average Bonchev–Trinajstić information content (AvgIpc) is 4.34. The highest BCUT2D eigenvalue weighted by molar-refractivity contribution is 6.93. The molecule has 0 radical (unpaired) electrons. The van der Waals surface area contributed by atoms with E-state index in [9.17, 15) is 5.26 Å². The van der Waals surface area contributed by atoms with Gasteiger partial charge in [0.15, 0.2) is 5.69 Å². The van der Waals surface area contributed by atoms with Crippen LogP contribution in [0.25, 0.3) is 81.0 Å². The van der Waals surface area contributed by atoms with E-state index in [1.54, 1.807) is 0 Å². The van der Waals surface area contributed by atoms with E-state index in [0.29, 0.717) is 11.1 Å². The van der Waals surface area contributed by atoms with Gasteiger partial charge in [-0.15, -0.1) is 0 Å². The molecule has 13 aromatic rings. The van der Waals surface area contributed by atoms with Gasteiger partial charge in [0.2, 0.25) is 0 Å². The molecule has 19 rings (SSSR count). The van der Waals surface area contributed by atoms with E-state index in [-0.39, 0.29) is 29.1 Å². The molecule has 6 aliphatic carbocycles. The summed E-state index contributed by atoms with van der Waals surface area (Å²) in [5.41, 5.74) is 26.7. The zero-order valence-corrected chi connectivity index (χ0v) is 45.1. The third kappa shape index (κ3) is 4.80. The van der Waals surface area contributed by atoms with E-state index >= 15 is 0 Å². The topological polar surface area (TPSA) is 37.0 Å². The second-order valence-corrected chi connectivity index (χ2v) is 30.4. The van der Waals surface area contributed by atoms with Gasteiger partial charge >= 0.3 is 0 Å². The van der Waals surface area contributed by atoms with Gasteiger partial charge in [0.25, 0.3) is 0 Å². The lowest BCUT2D eigenvalue weighted by atomic mass is 9.59. The Morgan fingerprint density at radius 3 is 1.30 bits per heavy atom. The van der Waals surface area contributed by atoms with E-state index in [1.165, 1.54) is 143 Å². The van der Waals surface area contributed by atoms with Crippen LogP contribution >= 0.6 is 0 Å². The van der Waals surface area contributed by atoms with E-state index in [1.807, 2.05) is 0 Å². The molecule has 0 saturated carbocycles. The number of fused-ring (bicyclic) bond motifs is 12. The van der Waals surface area contributed by atoms with Gasteiger partial charge in [-0.05, 0) is 125 Å². The summed E-state index contributed by atoms with van der Waals surface area (Å²) in [5, 5.41) is 23.1. The molecule has 4 nitrogen and oxygen atoms in total. The average molecular weight is 991 g/mol. The lowest BCUT2D eigenvalue weighted by molar-refractivity contribution is 0.592. The van der Waals surface area contributed by atoms with Crippen LogP contribution in [0.1, 0.15) is 150 Å². The Morgan fingerprint density at radius 1 is 0.487 bits per heavy atom. The zero-order valence-electron chi connectivity index (χ0n) is 44.1. The molecule has 4 bridgehead atoms. The Balaban J connectivity index is 1.05. The fourth-order valence-electron chi connectivity index (χ4n) is 16.5. The summed E-state index contributed by atoms with van der Waals surface area (Å²) < 4.78 is 5.13. The Kier molecular flexibility index (Phi) is 7.92. The van der Waals surface area contributed by atoms with Crippen LogP contribution in [-0.4, -0.2) is 16.9 Å². The highest BCUT2D eigenvalue weighted by atomic mass is 28.3. The van der Waals surface area contributed by atoms with E-state index < -0.39 is 8.07 Å². The summed E-state index contributed by atoms with van der Waals surface area (Å²) in [6.45, 7) is 28.5. The molecule has 4 aromatic heterocycles. The summed E-state index contributed by atoms with van der Waals surface area (Å²) in [6, 6.07) is 58.7. The first-order chi connectivity index (χ1) is 36.8. The van der Waals surface area contributed by atoms with Crippen LogP contribution in [0.3, 0.4) is 0 Å². The first-order valence-electron chi connectivity index (χ1n) is 27.5. The van der Waals surface area contributed by atoms with Crippen molar-refractivity contribution in [3.05, 3.63) is 235 Å². The quantitative estimate of drug-likeness (QED) is 0.128. The second kappa shape index (κ2) is 14.0. The van der Waals surface area contributed by atoms with Gasteiger partial charge < -0.3 is 8.80 Å². The van der Waals surface area contributed by atoms with Gasteiger partial charge in [0.1, 0.15) is 0 Å². The predicted molar refractivity (Wildman–Crippen MR) is 316 cm³/mol. The van der Waals surface area contributed by atoms with Crippen molar-refractivity contribution in [1.82, 2.24) is 8.80 Å². The lowest BCUT2D eigenvalue weighted by Crippen LogP contribution is -2.50. The number of hydrogen-bond donors (Lipinski definition) is 0. The normalized spacial score (nSPS) is 18.2. The number of aromatic nitrogens is 2. The van der Waals surface area contributed by atoms with Gasteiger partial charge in [0, 0.05) is 72.3 Å². The summed E-state index contributed by atoms with van der Waals surface area (Å²) in [5.74, 6) is 0.0314. The molecule has 0 atom stereocenters. The Bertz CT molecular complexity index is 4840. The third-order valence-corrected chi connectivity index (χ3v) is 26.7. The summed E-state index contributed by atoms with van der Waals surface area (Å²) in [4.78, 5) is 4.49. The number of hydrogen-bond acceptors (Lipinski definition) is 1. The molecule has 5 heteroatoms.